The van der Waals surface area contributed by atoms with Crippen LogP contribution in [0.1, 0.15) is 59.2 Å². The van der Waals surface area contributed by atoms with Gasteiger partial charge in [0.15, 0.2) is 5.78 Å². The Labute approximate surface area is 173 Å². The molecule has 1 aliphatic carbocycles. The summed E-state index contributed by atoms with van der Waals surface area (Å²) in [5, 5.41) is 3.13. The fourth-order valence-electron chi connectivity index (χ4n) is 4.49. The van der Waals surface area contributed by atoms with Crippen LogP contribution in [0.2, 0.25) is 0 Å². The lowest BCUT2D eigenvalue weighted by Crippen LogP contribution is -2.44. The highest BCUT2D eigenvalue weighted by molar-refractivity contribution is 5.98. The van der Waals surface area contributed by atoms with Gasteiger partial charge in [-0.2, -0.15) is 0 Å². The maximum atomic E-state index is 12.5. The summed E-state index contributed by atoms with van der Waals surface area (Å²) in [5.41, 5.74) is 4.77. The number of piperidine rings is 1. The molecule has 0 bridgehead atoms. The number of nitrogens with one attached hydrogen (secondary N) is 1. The van der Waals surface area contributed by atoms with Crippen molar-refractivity contribution < 1.29 is 9.59 Å². The lowest BCUT2D eigenvalue weighted by molar-refractivity contribution is -0.122. The van der Waals surface area contributed by atoms with Gasteiger partial charge in [-0.1, -0.05) is 42.5 Å². The Kier molecular flexibility index (Phi) is 6.40. The summed E-state index contributed by atoms with van der Waals surface area (Å²) in [6.07, 6.45) is 5.88. The summed E-state index contributed by atoms with van der Waals surface area (Å²) in [5.74, 6) is 0.0774. The molecule has 1 amide bonds. The van der Waals surface area contributed by atoms with E-state index in [1.54, 1.807) is 0 Å². The smallest absolute Gasteiger partial charge is 0.220 e. The van der Waals surface area contributed by atoms with Crippen molar-refractivity contribution in [1.29, 1.82) is 0 Å². The third-order valence-corrected chi connectivity index (χ3v) is 6.20. The molecule has 1 heterocycles. The predicted molar refractivity (Wildman–Crippen MR) is 115 cm³/mol. The minimum absolute atomic E-state index is 0.000944. The van der Waals surface area contributed by atoms with Gasteiger partial charge in [-0.05, 0) is 54.9 Å². The van der Waals surface area contributed by atoms with Crippen LogP contribution in [0.25, 0.3) is 0 Å². The van der Waals surface area contributed by atoms with E-state index in [-0.39, 0.29) is 30.6 Å². The van der Waals surface area contributed by atoms with Crippen molar-refractivity contribution >= 4 is 11.7 Å². The zero-order chi connectivity index (χ0) is 20.1. The van der Waals surface area contributed by atoms with Crippen LogP contribution in [-0.4, -0.2) is 35.7 Å². The highest BCUT2D eigenvalue weighted by Crippen LogP contribution is 2.23. The Balaban J connectivity index is 1.18. The van der Waals surface area contributed by atoms with Gasteiger partial charge in [0.25, 0.3) is 0 Å². The van der Waals surface area contributed by atoms with Crippen LogP contribution in [0.4, 0.5) is 0 Å². The molecule has 2 aromatic carbocycles. The second-order valence-electron chi connectivity index (χ2n) is 8.36. The lowest BCUT2D eigenvalue weighted by Gasteiger charge is -2.32. The van der Waals surface area contributed by atoms with Crippen molar-refractivity contribution in [3.8, 4) is 0 Å². The summed E-state index contributed by atoms with van der Waals surface area (Å²) < 4.78 is 0. The van der Waals surface area contributed by atoms with E-state index in [0.717, 1.165) is 50.9 Å². The fourth-order valence-corrected chi connectivity index (χ4v) is 4.49. The first kappa shape index (κ1) is 19.8. The zero-order valence-electron chi connectivity index (χ0n) is 17.0. The number of benzene rings is 2. The van der Waals surface area contributed by atoms with Gasteiger partial charge in [0.05, 0.1) is 0 Å². The van der Waals surface area contributed by atoms with Gasteiger partial charge in [0, 0.05) is 44.1 Å². The van der Waals surface area contributed by atoms with E-state index >= 15 is 0 Å². The van der Waals surface area contributed by atoms with Gasteiger partial charge in [0.2, 0.25) is 5.91 Å². The van der Waals surface area contributed by atoms with Gasteiger partial charge < -0.3 is 5.32 Å². The molecule has 1 fully saturated rings. The molecule has 4 nitrogen and oxygen atoms in total. The number of hydrogen-bond acceptors (Lipinski definition) is 3. The third kappa shape index (κ3) is 5.33. The minimum atomic E-state index is 0.000944. The molecule has 29 heavy (non-hydrogen) atoms. The molecule has 152 valence electrons. The molecule has 2 aromatic rings. The monoisotopic (exact) mass is 390 g/mol. The van der Waals surface area contributed by atoms with Crippen molar-refractivity contribution in [2.45, 2.75) is 57.5 Å². The molecule has 0 spiro atoms. The normalized spacial score (nSPS) is 17.1. The summed E-state index contributed by atoms with van der Waals surface area (Å²) in [6.45, 7) is 2.96. The topological polar surface area (TPSA) is 49.4 Å². The number of ketones is 1. The molecular weight excluding hydrogens is 360 g/mol. The highest BCUT2D eigenvalue weighted by atomic mass is 16.2. The maximum Gasteiger partial charge on any atom is 0.220 e. The number of fused-ring (bicyclic) bond motifs is 1. The van der Waals surface area contributed by atoms with E-state index in [4.69, 9.17) is 0 Å². The Morgan fingerprint density at radius 2 is 1.69 bits per heavy atom. The Morgan fingerprint density at radius 3 is 2.48 bits per heavy atom. The van der Waals surface area contributed by atoms with Gasteiger partial charge in [0.1, 0.15) is 0 Å². The summed E-state index contributed by atoms with van der Waals surface area (Å²) >= 11 is 0. The standard InChI is InChI=1S/C25H30N2O2/c28-24(22-10-9-20-7-4-8-21(20)17-22)11-12-25(29)26-23-13-15-27(16-14-23)18-19-5-2-1-3-6-19/h1-3,5-6,9-10,17,23H,4,7-8,11-16,18H2,(H,26,29). The van der Waals surface area contributed by atoms with Gasteiger partial charge in [-0.25, -0.2) is 0 Å². The number of rotatable bonds is 7. The number of nitrogens with zero attached hydrogens (tertiary/aromatic N) is 1. The second kappa shape index (κ2) is 9.36. The Morgan fingerprint density at radius 1 is 0.931 bits per heavy atom. The summed E-state index contributed by atoms with van der Waals surface area (Å²) in [4.78, 5) is 27.2. The van der Waals surface area contributed by atoms with Crippen molar-refractivity contribution in [3.63, 3.8) is 0 Å². The number of carbonyl (C=O) groups is 2. The number of Topliss-reactive ketones (excluding diaryl/α,β-unsaturated/α-hetero) is 1. The summed E-state index contributed by atoms with van der Waals surface area (Å²) in [7, 11) is 0. The molecule has 4 rings (SSSR count). The van der Waals surface area contributed by atoms with Crippen molar-refractivity contribution in [2.75, 3.05) is 13.1 Å². The molecule has 0 atom stereocenters. The quantitative estimate of drug-likeness (QED) is 0.729. The maximum absolute atomic E-state index is 12.5. The Bertz CT molecular complexity index is 854. The molecule has 1 saturated heterocycles. The lowest BCUT2D eigenvalue weighted by atomic mass is 10.0. The number of hydrogen-bond donors (Lipinski definition) is 1. The van der Waals surface area contributed by atoms with E-state index in [9.17, 15) is 9.59 Å². The largest absolute Gasteiger partial charge is 0.353 e. The van der Waals surface area contributed by atoms with Gasteiger partial charge in [-0.15, -0.1) is 0 Å². The summed E-state index contributed by atoms with van der Waals surface area (Å²) in [6, 6.07) is 16.8. The second-order valence-corrected chi connectivity index (χ2v) is 8.36. The van der Waals surface area contributed by atoms with E-state index in [2.05, 4.69) is 40.5 Å². The first-order valence-corrected chi connectivity index (χ1v) is 10.9. The molecule has 0 radical (unpaired) electrons. The average molecular weight is 391 g/mol. The van der Waals surface area contributed by atoms with Crippen LogP contribution < -0.4 is 5.32 Å². The highest BCUT2D eigenvalue weighted by Gasteiger charge is 2.21. The van der Waals surface area contributed by atoms with Crippen molar-refractivity contribution in [2.24, 2.45) is 0 Å². The molecule has 0 aromatic heterocycles. The molecule has 2 aliphatic rings. The number of amides is 1. The van der Waals surface area contributed by atoms with Crippen LogP contribution in [0.3, 0.4) is 0 Å². The van der Waals surface area contributed by atoms with Crippen LogP contribution >= 0.6 is 0 Å². The minimum Gasteiger partial charge on any atom is -0.353 e. The van der Waals surface area contributed by atoms with E-state index in [0.29, 0.717) is 0 Å². The fraction of sp³-hybridized carbons (Fsp3) is 0.440. The molecule has 1 N–H and O–H groups in total. The van der Waals surface area contributed by atoms with E-state index < -0.39 is 0 Å². The molecule has 0 saturated carbocycles. The van der Waals surface area contributed by atoms with Gasteiger partial charge >= 0.3 is 0 Å². The van der Waals surface area contributed by atoms with Crippen molar-refractivity contribution in [1.82, 2.24) is 10.2 Å². The molecule has 4 heteroatoms. The SMILES string of the molecule is O=C(CCC(=O)c1ccc2c(c1)CCC2)NC1CCN(Cc2ccccc2)CC1. The molecule has 0 unspecified atom stereocenters. The number of likely N-dealkylation sites (tertiary alicyclic amines) is 1. The number of carbonyl (C=O) groups excluding carboxylic acids is 2. The number of aryl methyl sites for hydroxylation is 2. The first-order valence-electron chi connectivity index (χ1n) is 10.9. The van der Waals surface area contributed by atoms with E-state index in [1.807, 2.05) is 18.2 Å². The van der Waals surface area contributed by atoms with Crippen LogP contribution in [0.5, 0.6) is 0 Å². The van der Waals surface area contributed by atoms with Crippen LogP contribution in [0.15, 0.2) is 48.5 Å². The van der Waals surface area contributed by atoms with Crippen LogP contribution in [0, 0.1) is 0 Å². The Hall–Kier alpha value is -2.46. The molecular formula is C25H30N2O2. The first-order chi connectivity index (χ1) is 14.2. The average Bonchev–Trinajstić information content (AvgIpc) is 3.22. The predicted octanol–water partition coefficient (Wildman–Crippen LogP) is 3.92. The van der Waals surface area contributed by atoms with Gasteiger partial charge in [-0.3, -0.25) is 14.5 Å². The zero-order valence-corrected chi connectivity index (χ0v) is 17.0. The third-order valence-electron chi connectivity index (χ3n) is 6.20. The molecule has 1 aliphatic heterocycles. The van der Waals surface area contributed by atoms with Crippen LogP contribution in [-0.2, 0) is 24.2 Å². The van der Waals surface area contributed by atoms with Crippen molar-refractivity contribution in [3.05, 3.63) is 70.8 Å². The van der Waals surface area contributed by atoms with E-state index in [1.165, 1.54) is 23.1 Å².